The van der Waals surface area contributed by atoms with Crippen LogP contribution in [0.1, 0.15) is 40.0 Å². The maximum Gasteiger partial charge on any atom is 0.408 e. The molecule has 10 heteroatoms. The predicted octanol–water partition coefficient (Wildman–Crippen LogP) is 3.21. The van der Waals surface area contributed by atoms with E-state index in [4.69, 9.17) is 23.5 Å². The van der Waals surface area contributed by atoms with Gasteiger partial charge in [-0.25, -0.2) is 4.79 Å². The first-order valence-corrected chi connectivity index (χ1v) is 10.3. The molecule has 1 fully saturated rings. The Hall–Kier alpha value is -2.85. The Labute approximate surface area is 180 Å². The third-order valence-corrected chi connectivity index (χ3v) is 4.43. The molecule has 2 aromatic rings. The number of carbonyl (C=O) groups is 2. The van der Waals surface area contributed by atoms with Crippen molar-refractivity contribution in [3.05, 3.63) is 18.2 Å². The number of fused-ring (bicyclic) bond motifs is 1. The molecule has 1 saturated heterocycles. The summed E-state index contributed by atoms with van der Waals surface area (Å²) >= 11 is 0. The van der Waals surface area contributed by atoms with Crippen molar-refractivity contribution in [2.24, 2.45) is 0 Å². The first kappa shape index (κ1) is 22.8. The SMILES string of the molecule is CC(C)(C)OC(=O)NC(COc1noc2ccc(NC=O)cc12)COC1CCCCO1. The molecule has 0 saturated carbocycles. The summed E-state index contributed by atoms with van der Waals surface area (Å²) in [4.78, 5) is 23.0. The Morgan fingerprint density at radius 2 is 2.16 bits per heavy atom. The molecule has 0 spiro atoms. The minimum absolute atomic E-state index is 0.0684. The lowest BCUT2D eigenvalue weighted by Gasteiger charge is -2.27. The number of nitrogens with one attached hydrogen (secondary N) is 2. The van der Waals surface area contributed by atoms with Gasteiger partial charge in [-0.3, -0.25) is 4.79 Å². The highest BCUT2D eigenvalue weighted by Crippen LogP contribution is 2.27. The van der Waals surface area contributed by atoms with E-state index in [1.165, 1.54) is 0 Å². The fraction of sp³-hybridized carbons (Fsp3) is 0.571. The topological polar surface area (TPSA) is 121 Å². The lowest BCUT2D eigenvalue weighted by Crippen LogP contribution is -2.45. The molecule has 1 aromatic heterocycles. The van der Waals surface area contributed by atoms with E-state index in [0.717, 1.165) is 19.3 Å². The van der Waals surface area contributed by atoms with Crippen molar-refractivity contribution in [3.63, 3.8) is 0 Å². The number of carbonyl (C=O) groups excluding carboxylic acids is 2. The molecule has 2 unspecified atom stereocenters. The maximum atomic E-state index is 12.3. The van der Waals surface area contributed by atoms with Gasteiger partial charge in [0.1, 0.15) is 12.2 Å². The number of alkyl carbamates (subject to hydrolysis) is 1. The largest absolute Gasteiger partial charge is 0.473 e. The maximum absolute atomic E-state index is 12.3. The van der Waals surface area contributed by atoms with Crippen molar-refractivity contribution in [1.29, 1.82) is 0 Å². The summed E-state index contributed by atoms with van der Waals surface area (Å²) < 4.78 is 27.8. The summed E-state index contributed by atoms with van der Waals surface area (Å²) in [6, 6.07) is 4.55. The molecule has 10 nitrogen and oxygen atoms in total. The van der Waals surface area contributed by atoms with Crippen molar-refractivity contribution in [1.82, 2.24) is 10.5 Å². The summed E-state index contributed by atoms with van der Waals surface area (Å²) in [7, 11) is 0. The molecular formula is C21H29N3O7. The summed E-state index contributed by atoms with van der Waals surface area (Å²) in [5.74, 6) is 0.245. The predicted molar refractivity (Wildman–Crippen MR) is 112 cm³/mol. The van der Waals surface area contributed by atoms with Crippen LogP contribution < -0.4 is 15.4 Å². The Morgan fingerprint density at radius 3 is 2.87 bits per heavy atom. The lowest BCUT2D eigenvalue weighted by molar-refractivity contribution is -0.166. The van der Waals surface area contributed by atoms with Crippen LogP contribution in [0.2, 0.25) is 0 Å². The second kappa shape index (κ2) is 10.5. The highest BCUT2D eigenvalue weighted by Gasteiger charge is 2.23. The van der Waals surface area contributed by atoms with Gasteiger partial charge in [-0.15, -0.1) is 0 Å². The van der Waals surface area contributed by atoms with Gasteiger partial charge in [0.2, 0.25) is 6.41 Å². The molecule has 1 aliphatic rings. The number of nitrogens with zero attached hydrogens (tertiary/aromatic N) is 1. The van der Waals surface area contributed by atoms with Crippen LogP contribution in [0.25, 0.3) is 11.0 Å². The molecule has 31 heavy (non-hydrogen) atoms. The molecule has 2 heterocycles. The van der Waals surface area contributed by atoms with Gasteiger partial charge in [0, 0.05) is 12.3 Å². The molecule has 0 bridgehead atoms. The second-order valence-electron chi connectivity index (χ2n) is 8.24. The highest BCUT2D eigenvalue weighted by molar-refractivity contribution is 5.87. The fourth-order valence-electron chi connectivity index (χ4n) is 3.03. The number of benzene rings is 1. The monoisotopic (exact) mass is 435 g/mol. The minimum Gasteiger partial charge on any atom is -0.473 e. The highest BCUT2D eigenvalue weighted by atomic mass is 16.7. The van der Waals surface area contributed by atoms with Gasteiger partial charge in [-0.1, -0.05) is 0 Å². The molecule has 2 N–H and O–H groups in total. The Morgan fingerprint density at radius 1 is 1.32 bits per heavy atom. The molecular weight excluding hydrogens is 406 g/mol. The minimum atomic E-state index is -0.632. The summed E-state index contributed by atoms with van der Waals surface area (Å²) in [5.41, 5.74) is 0.458. The molecule has 1 aliphatic heterocycles. The third-order valence-electron chi connectivity index (χ3n) is 4.43. The molecule has 170 valence electrons. The van der Waals surface area contributed by atoms with E-state index in [9.17, 15) is 9.59 Å². The van der Waals surface area contributed by atoms with Gasteiger partial charge in [0.25, 0.3) is 5.88 Å². The van der Waals surface area contributed by atoms with Crippen molar-refractivity contribution in [2.45, 2.75) is 58.0 Å². The summed E-state index contributed by atoms with van der Waals surface area (Å²) in [6.07, 6.45) is 2.57. The zero-order valence-corrected chi connectivity index (χ0v) is 18.0. The van der Waals surface area contributed by atoms with Gasteiger partial charge in [0.15, 0.2) is 11.9 Å². The molecule has 0 radical (unpaired) electrons. The molecule has 3 rings (SSSR count). The standard InChI is InChI=1S/C21H29N3O7/c1-21(2,3)30-20(26)23-15(11-28-18-6-4-5-9-27-18)12-29-19-16-10-14(22-13-25)7-8-17(16)31-24-19/h7-8,10,13,15,18H,4-6,9,11-12H2,1-3H3,(H,22,25)(H,23,26). The molecule has 1 aromatic carbocycles. The Balaban J connectivity index is 1.65. The fourth-order valence-corrected chi connectivity index (χ4v) is 3.03. The number of aromatic nitrogens is 1. The van der Waals surface area contributed by atoms with E-state index in [1.54, 1.807) is 39.0 Å². The number of anilines is 1. The average Bonchev–Trinajstić information content (AvgIpc) is 3.12. The zero-order valence-electron chi connectivity index (χ0n) is 18.0. The van der Waals surface area contributed by atoms with E-state index in [1.807, 2.05) is 0 Å². The van der Waals surface area contributed by atoms with Gasteiger partial charge in [-0.05, 0) is 63.4 Å². The Kier molecular flexibility index (Phi) is 7.69. The summed E-state index contributed by atoms with van der Waals surface area (Å²) in [5, 5.41) is 9.88. The van der Waals surface area contributed by atoms with Crippen LogP contribution in [0.3, 0.4) is 0 Å². The van der Waals surface area contributed by atoms with E-state index >= 15 is 0 Å². The van der Waals surface area contributed by atoms with Crippen molar-refractivity contribution in [2.75, 3.05) is 25.1 Å². The summed E-state index contributed by atoms with van der Waals surface area (Å²) in [6.45, 7) is 6.27. The van der Waals surface area contributed by atoms with Gasteiger partial charge in [0.05, 0.1) is 18.0 Å². The van der Waals surface area contributed by atoms with Crippen LogP contribution in [0.5, 0.6) is 5.88 Å². The first-order valence-electron chi connectivity index (χ1n) is 10.3. The second-order valence-corrected chi connectivity index (χ2v) is 8.24. The van der Waals surface area contributed by atoms with Gasteiger partial charge >= 0.3 is 6.09 Å². The van der Waals surface area contributed by atoms with E-state index < -0.39 is 17.7 Å². The van der Waals surface area contributed by atoms with Crippen molar-refractivity contribution < 1.29 is 33.1 Å². The average molecular weight is 435 g/mol. The number of amides is 2. The van der Waals surface area contributed by atoms with E-state index in [2.05, 4.69) is 15.8 Å². The zero-order chi connectivity index (χ0) is 22.3. The van der Waals surface area contributed by atoms with Gasteiger partial charge in [-0.2, -0.15) is 0 Å². The van der Waals surface area contributed by atoms with Crippen LogP contribution in [-0.4, -0.2) is 55.4 Å². The van der Waals surface area contributed by atoms with Crippen LogP contribution in [0, 0.1) is 0 Å². The molecule has 2 atom stereocenters. The van der Waals surface area contributed by atoms with Crippen LogP contribution in [-0.2, 0) is 19.0 Å². The lowest BCUT2D eigenvalue weighted by atomic mass is 10.2. The van der Waals surface area contributed by atoms with Crippen LogP contribution in [0.4, 0.5) is 10.5 Å². The smallest absolute Gasteiger partial charge is 0.408 e. The normalized spacial score (nSPS) is 17.7. The number of rotatable bonds is 9. The van der Waals surface area contributed by atoms with E-state index in [-0.39, 0.29) is 25.4 Å². The van der Waals surface area contributed by atoms with Crippen molar-refractivity contribution in [3.8, 4) is 5.88 Å². The number of ether oxygens (including phenoxy) is 4. The Bertz CT molecular complexity index is 871. The third kappa shape index (κ3) is 7.11. The van der Waals surface area contributed by atoms with Crippen LogP contribution >= 0.6 is 0 Å². The van der Waals surface area contributed by atoms with Crippen molar-refractivity contribution >= 4 is 29.2 Å². The number of hydrogen-bond donors (Lipinski definition) is 2. The van der Waals surface area contributed by atoms with Gasteiger partial charge < -0.3 is 34.1 Å². The molecule has 0 aliphatic carbocycles. The first-order chi connectivity index (χ1) is 14.8. The quantitative estimate of drug-likeness (QED) is 0.576. The van der Waals surface area contributed by atoms with E-state index in [0.29, 0.717) is 29.7 Å². The van der Waals surface area contributed by atoms with Crippen LogP contribution in [0.15, 0.2) is 22.7 Å². The number of hydrogen-bond acceptors (Lipinski definition) is 8. The molecule has 2 amide bonds.